The van der Waals surface area contributed by atoms with Crippen molar-refractivity contribution in [2.24, 2.45) is 0 Å². The quantitative estimate of drug-likeness (QED) is 0.599. The third-order valence-electron chi connectivity index (χ3n) is 3.76. The van der Waals surface area contributed by atoms with Crippen LogP contribution in [-0.4, -0.2) is 27.0 Å². The topological polar surface area (TPSA) is 72.9 Å². The molecule has 6 heteroatoms. The standard InChI is InChI=1S/C19H16N4O2/c1-24-12-14-2-3-16(10-22-14)25-15-4-5-17-13(8-15)9-18(23-17)19-11-20-6-7-21-19/h2-11,23H,12H2,1H3. The maximum absolute atomic E-state index is 5.89. The summed E-state index contributed by atoms with van der Waals surface area (Å²) in [6, 6.07) is 11.7. The number of nitrogens with one attached hydrogen (secondary N) is 1. The van der Waals surface area contributed by atoms with E-state index in [4.69, 9.17) is 9.47 Å². The fourth-order valence-corrected chi connectivity index (χ4v) is 2.59. The first-order valence-corrected chi connectivity index (χ1v) is 7.83. The summed E-state index contributed by atoms with van der Waals surface area (Å²) in [4.78, 5) is 16.1. The van der Waals surface area contributed by atoms with Gasteiger partial charge in [-0.3, -0.25) is 15.0 Å². The van der Waals surface area contributed by atoms with Crippen molar-refractivity contribution in [2.75, 3.05) is 7.11 Å². The number of pyridine rings is 1. The Kier molecular flexibility index (Phi) is 4.10. The van der Waals surface area contributed by atoms with Crippen molar-refractivity contribution in [3.63, 3.8) is 0 Å². The molecule has 0 aliphatic carbocycles. The molecule has 0 saturated carbocycles. The van der Waals surface area contributed by atoms with Crippen LogP contribution in [-0.2, 0) is 11.3 Å². The van der Waals surface area contributed by atoms with Gasteiger partial charge in [0, 0.05) is 30.4 Å². The number of nitrogens with zero attached hydrogens (tertiary/aromatic N) is 3. The first kappa shape index (κ1) is 15.3. The first-order chi connectivity index (χ1) is 12.3. The van der Waals surface area contributed by atoms with Crippen LogP contribution >= 0.6 is 0 Å². The molecule has 0 aliphatic rings. The van der Waals surface area contributed by atoms with Crippen molar-refractivity contribution in [2.45, 2.75) is 6.61 Å². The highest BCUT2D eigenvalue weighted by molar-refractivity contribution is 5.86. The lowest BCUT2D eigenvalue weighted by Gasteiger charge is -2.06. The lowest BCUT2D eigenvalue weighted by Crippen LogP contribution is -1.92. The van der Waals surface area contributed by atoms with E-state index >= 15 is 0 Å². The van der Waals surface area contributed by atoms with Crippen molar-refractivity contribution in [1.82, 2.24) is 19.9 Å². The largest absolute Gasteiger partial charge is 0.456 e. The highest BCUT2D eigenvalue weighted by atomic mass is 16.5. The van der Waals surface area contributed by atoms with Crippen molar-refractivity contribution in [3.05, 3.63) is 66.9 Å². The zero-order valence-corrected chi connectivity index (χ0v) is 13.6. The van der Waals surface area contributed by atoms with Crippen LogP contribution in [0.25, 0.3) is 22.3 Å². The summed E-state index contributed by atoms with van der Waals surface area (Å²) in [5.41, 5.74) is 3.61. The zero-order chi connectivity index (χ0) is 17.1. The molecule has 3 heterocycles. The summed E-state index contributed by atoms with van der Waals surface area (Å²) in [6.07, 6.45) is 6.76. The highest BCUT2D eigenvalue weighted by Gasteiger charge is 2.06. The molecule has 0 aliphatic heterocycles. The van der Waals surface area contributed by atoms with Gasteiger partial charge >= 0.3 is 0 Å². The van der Waals surface area contributed by atoms with Gasteiger partial charge in [-0.25, -0.2) is 0 Å². The molecule has 3 aromatic heterocycles. The van der Waals surface area contributed by atoms with Crippen LogP contribution in [0.4, 0.5) is 0 Å². The van der Waals surface area contributed by atoms with Crippen LogP contribution in [0.1, 0.15) is 5.69 Å². The van der Waals surface area contributed by atoms with Gasteiger partial charge in [0.2, 0.25) is 0 Å². The van der Waals surface area contributed by atoms with E-state index in [0.717, 1.165) is 33.7 Å². The third kappa shape index (κ3) is 3.34. The lowest BCUT2D eigenvalue weighted by atomic mass is 10.2. The van der Waals surface area contributed by atoms with Gasteiger partial charge in [0.1, 0.15) is 17.2 Å². The molecule has 0 amide bonds. The number of fused-ring (bicyclic) bond motifs is 1. The molecule has 4 aromatic rings. The van der Waals surface area contributed by atoms with E-state index in [1.165, 1.54) is 0 Å². The summed E-state index contributed by atoms with van der Waals surface area (Å²) in [5, 5.41) is 1.04. The van der Waals surface area contributed by atoms with E-state index < -0.39 is 0 Å². The molecule has 0 saturated heterocycles. The highest BCUT2D eigenvalue weighted by Crippen LogP contribution is 2.28. The summed E-state index contributed by atoms with van der Waals surface area (Å²) in [7, 11) is 1.65. The number of methoxy groups -OCH3 is 1. The van der Waals surface area contributed by atoms with E-state index in [9.17, 15) is 0 Å². The maximum atomic E-state index is 5.89. The van der Waals surface area contributed by atoms with Gasteiger partial charge < -0.3 is 14.5 Å². The van der Waals surface area contributed by atoms with Gasteiger partial charge in [-0.1, -0.05) is 0 Å². The van der Waals surface area contributed by atoms with Crippen LogP contribution in [0, 0.1) is 0 Å². The normalized spacial score (nSPS) is 10.9. The molecule has 124 valence electrons. The van der Waals surface area contributed by atoms with Gasteiger partial charge in [0.15, 0.2) is 0 Å². The van der Waals surface area contributed by atoms with Crippen LogP contribution in [0.15, 0.2) is 61.2 Å². The van der Waals surface area contributed by atoms with Crippen LogP contribution < -0.4 is 4.74 Å². The van der Waals surface area contributed by atoms with Crippen LogP contribution in [0.3, 0.4) is 0 Å². The number of rotatable bonds is 5. The molecule has 6 nitrogen and oxygen atoms in total. The van der Waals surface area contributed by atoms with E-state index in [1.807, 2.05) is 36.4 Å². The average Bonchev–Trinajstić information content (AvgIpc) is 3.08. The number of ether oxygens (including phenoxy) is 2. The minimum atomic E-state index is 0.487. The predicted molar refractivity (Wildman–Crippen MR) is 94.3 cm³/mol. The SMILES string of the molecule is COCc1ccc(Oc2ccc3[nH]c(-c4cnccn4)cc3c2)cn1. The molecule has 0 bridgehead atoms. The predicted octanol–water partition coefficient (Wildman–Crippen LogP) is 3.96. The number of H-pyrrole nitrogens is 1. The lowest BCUT2D eigenvalue weighted by molar-refractivity contribution is 0.181. The van der Waals surface area contributed by atoms with Crippen molar-refractivity contribution < 1.29 is 9.47 Å². The first-order valence-electron chi connectivity index (χ1n) is 7.83. The van der Waals surface area contributed by atoms with Gasteiger partial charge in [-0.2, -0.15) is 0 Å². The monoisotopic (exact) mass is 332 g/mol. The van der Waals surface area contributed by atoms with Crippen molar-refractivity contribution in [1.29, 1.82) is 0 Å². The molecule has 0 unspecified atom stereocenters. The fraction of sp³-hybridized carbons (Fsp3) is 0.105. The number of aromatic nitrogens is 4. The Hall–Kier alpha value is -3.25. The van der Waals surface area contributed by atoms with Gasteiger partial charge in [-0.15, -0.1) is 0 Å². The number of hydrogen-bond acceptors (Lipinski definition) is 5. The molecular weight excluding hydrogens is 316 g/mol. The summed E-state index contributed by atoms with van der Waals surface area (Å²) >= 11 is 0. The van der Waals surface area contributed by atoms with Crippen LogP contribution in [0.5, 0.6) is 11.5 Å². The second-order valence-electron chi connectivity index (χ2n) is 5.54. The van der Waals surface area contributed by atoms with Gasteiger partial charge in [0.25, 0.3) is 0 Å². The minimum Gasteiger partial charge on any atom is -0.456 e. The van der Waals surface area contributed by atoms with E-state index in [-0.39, 0.29) is 0 Å². The summed E-state index contributed by atoms with van der Waals surface area (Å²) in [6.45, 7) is 0.487. The van der Waals surface area contributed by atoms with Gasteiger partial charge in [0.05, 0.1) is 30.4 Å². The zero-order valence-electron chi connectivity index (χ0n) is 13.6. The molecule has 0 spiro atoms. The number of benzene rings is 1. The minimum absolute atomic E-state index is 0.487. The molecule has 1 N–H and O–H groups in total. The van der Waals surface area contributed by atoms with Gasteiger partial charge in [-0.05, 0) is 36.4 Å². The van der Waals surface area contributed by atoms with Crippen molar-refractivity contribution >= 4 is 10.9 Å². The Bertz CT molecular complexity index is 981. The second kappa shape index (κ2) is 6.70. The molecular formula is C19H16N4O2. The Balaban J connectivity index is 1.58. The Labute approximate surface area is 144 Å². The summed E-state index contributed by atoms with van der Waals surface area (Å²) < 4.78 is 10.9. The Morgan fingerprint density at radius 2 is 1.88 bits per heavy atom. The third-order valence-corrected chi connectivity index (χ3v) is 3.76. The molecule has 0 radical (unpaired) electrons. The van der Waals surface area contributed by atoms with E-state index in [2.05, 4.69) is 19.9 Å². The molecule has 25 heavy (non-hydrogen) atoms. The number of hydrogen-bond donors (Lipinski definition) is 1. The fourth-order valence-electron chi connectivity index (χ4n) is 2.59. The molecule has 1 aromatic carbocycles. The molecule has 0 atom stereocenters. The number of aromatic amines is 1. The molecule has 0 fully saturated rings. The van der Waals surface area contributed by atoms with E-state index in [1.54, 1.807) is 31.9 Å². The Morgan fingerprint density at radius 1 is 0.960 bits per heavy atom. The second-order valence-corrected chi connectivity index (χ2v) is 5.54. The van der Waals surface area contributed by atoms with Crippen LogP contribution in [0.2, 0.25) is 0 Å². The average molecular weight is 332 g/mol. The van der Waals surface area contributed by atoms with E-state index in [0.29, 0.717) is 12.4 Å². The van der Waals surface area contributed by atoms with Crippen molar-refractivity contribution in [3.8, 4) is 22.9 Å². The maximum Gasteiger partial charge on any atom is 0.145 e. The Morgan fingerprint density at radius 3 is 2.64 bits per heavy atom. The molecule has 4 rings (SSSR count). The summed E-state index contributed by atoms with van der Waals surface area (Å²) in [5.74, 6) is 1.43. The smallest absolute Gasteiger partial charge is 0.145 e.